The Kier molecular flexibility index (Phi) is 4.66. The van der Waals surface area contributed by atoms with Crippen LogP contribution in [0, 0.1) is 11.8 Å². The van der Waals surface area contributed by atoms with Crippen molar-refractivity contribution in [1.82, 2.24) is 5.32 Å². The molecule has 2 aliphatic carbocycles. The van der Waals surface area contributed by atoms with Gasteiger partial charge in [-0.1, -0.05) is 32.6 Å². The number of aliphatic hydroxyl groups is 1. The lowest BCUT2D eigenvalue weighted by molar-refractivity contribution is 0.147. The third kappa shape index (κ3) is 3.46. The van der Waals surface area contributed by atoms with Crippen LogP contribution < -0.4 is 5.32 Å². The first kappa shape index (κ1) is 12.4. The summed E-state index contributed by atoms with van der Waals surface area (Å²) < 4.78 is 0. The van der Waals surface area contributed by atoms with Crippen molar-refractivity contribution >= 4 is 0 Å². The molecule has 0 radical (unpaired) electrons. The Morgan fingerprint density at radius 2 is 1.81 bits per heavy atom. The van der Waals surface area contributed by atoms with E-state index in [9.17, 15) is 5.11 Å². The second-order valence-electron chi connectivity index (χ2n) is 5.97. The molecule has 2 N–H and O–H groups in total. The smallest absolute Gasteiger partial charge is 0.0693 e. The van der Waals surface area contributed by atoms with Crippen molar-refractivity contribution in [2.75, 3.05) is 6.54 Å². The molecule has 2 fully saturated rings. The summed E-state index contributed by atoms with van der Waals surface area (Å²) in [6, 6.07) is 0.391. The van der Waals surface area contributed by atoms with Crippen LogP contribution in [0.1, 0.15) is 58.3 Å². The number of aliphatic hydroxyl groups excluding tert-OH is 1. The summed E-state index contributed by atoms with van der Waals surface area (Å²) in [5, 5.41) is 13.2. The molecular formula is C14H27NO. The highest BCUT2D eigenvalue weighted by atomic mass is 16.3. The maximum absolute atomic E-state index is 9.70. The summed E-state index contributed by atoms with van der Waals surface area (Å²) in [6.45, 7) is 3.49. The van der Waals surface area contributed by atoms with Gasteiger partial charge in [0.25, 0.3) is 0 Å². The fourth-order valence-corrected chi connectivity index (χ4v) is 3.27. The fraction of sp³-hybridized carbons (Fsp3) is 1.00. The van der Waals surface area contributed by atoms with Gasteiger partial charge in [-0.05, 0) is 44.1 Å². The van der Waals surface area contributed by atoms with Crippen LogP contribution in [0.5, 0.6) is 0 Å². The Hall–Kier alpha value is -0.0800. The SMILES string of the molecule is CC1CCC(CCN[C@H]2CCC[C@@H]2O)CC1. The topological polar surface area (TPSA) is 32.3 Å². The van der Waals surface area contributed by atoms with E-state index in [2.05, 4.69) is 12.2 Å². The Morgan fingerprint density at radius 3 is 2.44 bits per heavy atom. The van der Waals surface area contributed by atoms with Crippen LogP contribution in [0.15, 0.2) is 0 Å². The first-order valence-corrected chi connectivity index (χ1v) is 7.17. The molecular weight excluding hydrogens is 198 g/mol. The molecule has 16 heavy (non-hydrogen) atoms. The third-order valence-corrected chi connectivity index (χ3v) is 4.57. The molecule has 0 aromatic rings. The summed E-state index contributed by atoms with van der Waals surface area (Å²) in [4.78, 5) is 0. The molecule has 0 aliphatic heterocycles. The van der Waals surface area contributed by atoms with E-state index in [4.69, 9.17) is 0 Å². The van der Waals surface area contributed by atoms with Crippen molar-refractivity contribution in [2.24, 2.45) is 11.8 Å². The van der Waals surface area contributed by atoms with E-state index in [-0.39, 0.29) is 6.10 Å². The Labute approximate surface area is 99.8 Å². The molecule has 94 valence electrons. The molecule has 0 amide bonds. The zero-order valence-corrected chi connectivity index (χ0v) is 10.6. The summed E-state index contributed by atoms with van der Waals surface area (Å²) in [6.07, 6.45) is 10.3. The van der Waals surface area contributed by atoms with Crippen molar-refractivity contribution in [2.45, 2.75) is 70.4 Å². The van der Waals surface area contributed by atoms with Gasteiger partial charge in [0, 0.05) is 6.04 Å². The quantitative estimate of drug-likeness (QED) is 0.771. The standard InChI is InChI=1S/C14H27NO/c1-11-5-7-12(8-6-11)9-10-15-13-3-2-4-14(13)16/h11-16H,2-10H2,1H3/t11?,12?,13-,14-/m0/s1. The molecule has 0 heterocycles. The monoisotopic (exact) mass is 225 g/mol. The highest BCUT2D eigenvalue weighted by Gasteiger charge is 2.25. The van der Waals surface area contributed by atoms with E-state index < -0.39 is 0 Å². The van der Waals surface area contributed by atoms with E-state index in [1.807, 2.05) is 0 Å². The predicted molar refractivity (Wildman–Crippen MR) is 67.4 cm³/mol. The number of nitrogens with one attached hydrogen (secondary N) is 1. The minimum Gasteiger partial charge on any atom is -0.392 e. The molecule has 0 spiro atoms. The van der Waals surface area contributed by atoms with Crippen LogP contribution in [0.2, 0.25) is 0 Å². The molecule has 0 bridgehead atoms. The lowest BCUT2D eigenvalue weighted by Crippen LogP contribution is -2.36. The maximum Gasteiger partial charge on any atom is 0.0693 e. The van der Waals surface area contributed by atoms with Gasteiger partial charge in [0.1, 0.15) is 0 Å². The molecule has 0 aromatic heterocycles. The van der Waals surface area contributed by atoms with Gasteiger partial charge >= 0.3 is 0 Å². The van der Waals surface area contributed by atoms with E-state index in [0.717, 1.165) is 24.8 Å². The van der Waals surface area contributed by atoms with Gasteiger partial charge in [0.15, 0.2) is 0 Å². The maximum atomic E-state index is 9.70. The number of hydrogen-bond acceptors (Lipinski definition) is 2. The molecule has 2 aliphatic rings. The molecule has 0 saturated heterocycles. The normalized spacial score (nSPS) is 40.1. The Bertz CT molecular complexity index is 199. The van der Waals surface area contributed by atoms with Gasteiger partial charge in [-0.25, -0.2) is 0 Å². The first-order valence-electron chi connectivity index (χ1n) is 7.17. The molecule has 2 saturated carbocycles. The van der Waals surface area contributed by atoms with Crippen molar-refractivity contribution in [1.29, 1.82) is 0 Å². The molecule has 0 aromatic carbocycles. The molecule has 0 unspecified atom stereocenters. The molecule has 2 atom stereocenters. The van der Waals surface area contributed by atoms with Gasteiger partial charge in [0.2, 0.25) is 0 Å². The minimum atomic E-state index is -0.0774. The van der Waals surface area contributed by atoms with Crippen molar-refractivity contribution < 1.29 is 5.11 Å². The number of rotatable bonds is 4. The Morgan fingerprint density at radius 1 is 1.06 bits per heavy atom. The second-order valence-corrected chi connectivity index (χ2v) is 5.97. The van der Waals surface area contributed by atoms with Crippen LogP contribution in [0.3, 0.4) is 0 Å². The third-order valence-electron chi connectivity index (χ3n) is 4.57. The van der Waals surface area contributed by atoms with Crippen LogP contribution >= 0.6 is 0 Å². The summed E-state index contributed by atoms with van der Waals surface area (Å²) in [5.74, 6) is 1.91. The van der Waals surface area contributed by atoms with E-state index in [1.165, 1.54) is 44.9 Å². The average molecular weight is 225 g/mol. The zero-order valence-electron chi connectivity index (χ0n) is 10.6. The van der Waals surface area contributed by atoms with Gasteiger partial charge in [0.05, 0.1) is 6.10 Å². The highest BCUT2D eigenvalue weighted by molar-refractivity contribution is 4.82. The first-order chi connectivity index (χ1) is 7.75. The van der Waals surface area contributed by atoms with Gasteiger partial charge in [-0.15, -0.1) is 0 Å². The van der Waals surface area contributed by atoms with Crippen molar-refractivity contribution in [3.8, 4) is 0 Å². The van der Waals surface area contributed by atoms with Crippen LogP contribution in [0.4, 0.5) is 0 Å². The van der Waals surface area contributed by atoms with E-state index in [1.54, 1.807) is 0 Å². The fourth-order valence-electron chi connectivity index (χ4n) is 3.27. The van der Waals surface area contributed by atoms with Crippen molar-refractivity contribution in [3.05, 3.63) is 0 Å². The Balaban J connectivity index is 1.57. The van der Waals surface area contributed by atoms with Gasteiger partial charge in [-0.3, -0.25) is 0 Å². The van der Waals surface area contributed by atoms with E-state index in [0.29, 0.717) is 6.04 Å². The lowest BCUT2D eigenvalue weighted by Gasteiger charge is -2.27. The average Bonchev–Trinajstić information content (AvgIpc) is 2.68. The van der Waals surface area contributed by atoms with Gasteiger partial charge < -0.3 is 10.4 Å². The molecule has 2 rings (SSSR count). The van der Waals surface area contributed by atoms with Crippen molar-refractivity contribution in [3.63, 3.8) is 0 Å². The summed E-state index contributed by atoms with van der Waals surface area (Å²) >= 11 is 0. The predicted octanol–water partition coefficient (Wildman–Crippen LogP) is 2.71. The molecule has 2 heteroatoms. The largest absolute Gasteiger partial charge is 0.392 e. The van der Waals surface area contributed by atoms with E-state index >= 15 is 0 Å². The zero-order chi connectivity index (χ0) is 11.4. The minimum absolute atomic E-state index is 0.0774. The second kappa shape index (κ2) is 6.02. The number of hydrogen-bond donors (Lipinski definition) is 2. The van der Waals surface area contributed by atoms with Crippen LogP contribution in [-0.2, 0) is 0 Å². The highest BCUT2D eigenvalue weighted by Crippen LogP contribution is 2.30. The van der Waals surface area contributed by atoms with Crippen LogP contribution in [-0.4, -0.2) is 23.8 Å². The summed E-state index contributed by atoms with van der Waals surface area (Å²) in [5.41, 5.74) is 0. The summed E-state index contributed by atoms with van der Waals surface area (Å²) in [7, 11) is 0. The van der Waals surface area contributed by atoms with Crippen LogP contribution in [0.25, 0.3) is 0 Å². The van der Waals surface area contributed by atoms with Gasteiger partial charge in [-0.2, -0.15) is 0 Å². The molecule has 2 nitrogen and oxygen atoms in total. The lowest BCUT2D eigenvalue weighted by atomic mass is 9.81.